The van der Waals surface area contributed by atoms with Crippen LogP contribution in [-0.4, -0.2) is 17.4 Å². The summed E-state index contributed by atoms with van der Waals surface area (Å²) < 4.78 is 0. The average molecular weight is 201 g/mol. The van der Waals surface area contributed by atoms with Crippen molar-refractivity contribution in [3.63, 3.8) is 0 Å². The summed E-state index contributed by atoms with van der Waals surface area (Å²) >= 11 is 0. The molecular formula is C13H15NO. The number of carbonyl (C=O) groups excluding carboxylic acids is 1. The van der Waals surface area contributed by atoms with Crippen LogP contribution in [0.25, 0.3) is 0 Å². The standard InChI is InChI=1S/C13H15NO/c1-11-7-5-6-10-14(11)13(15)12-8-3-2-4-9-12/h2-4,8-9H,1,5-7,10H2. The maximum atomic E-state index is 12.1. The Morgan fingerprint density at radius 1 is 1.20 bits per heavy atom. The van der Waals surface area contributed by atoms with Crippen LogP contribution < -0.4 is 0 Å². The van der Waals surface area contributed by atoms with Crippen LogP contribution >= 0.6 is 0 Å². The molecule has 0 radical (unpaired) electrons. The van der Waals surface area contributed by atoms with Crippen molar-refractivity contribution in [3.05, 3.63) is 48.2 Å². The third-order valence-corrected chi connectivity index (χ3v) is 2.74. The fraction of sp³-hybridized carbons (Fsp3) is 0.308. The van der Waals surface area contributed by atoms with Gasteiger partial charge in [-0.3, -0.25) is 4.79 Å². The minimum absolute atomic E-state index is 0.0836. The lowest BCUT2D eigenvalue weighted by atomic mass is 10.1. The molecule has 1 heterocycles. The number of hydrogen-bond donors (Lipinski definition) is 0. The summed E-state index contributed by atoms with van der Waals surface area (Å²) in [7, 11) is 0. The number of hydrogen-bond acceptors (Lipinski definition) is 1. The Kier molecular flexibility index (Phi) is 2.86. The predicted molar refractivity (Wildman–Crippen MR) is 60.5 cm³/mol. The van der Waals surface area contributed by atoms with E-state index in [4.69, 9.17) is 0 Å². The molecule has 0 atom stereocenters. The molecule has 15 heavy (non-hydrogen) atoms. The van der Waals surface area contributed by atoms with E-state index in [1.807, 2.05) is 30.3 Å². The van der Waals surface area contributed by atoms with Gasteiger partial charge < -0.3 is 4.90 Å². The van der Waals surface area contributed by atoms with Gasteiger partial charge in [-0.1, -0.05) is 24.8 Å². The lowest BCUT2D eigenvalue weighted by Gasteiger charge is -2.28. The average Bonchev–Trinajstić information content (AvgIpc) is 2.30. The first-order valence-electron chi connectivity index (χ1n) is 5.34. The summed E-state index contributed by atoms with van der Waals surface area (Å²) in [5.41, 5.74) is 1.70. The van der Waals surface area contributed by atoms with Crippen molar-refractivity contribution in [2.75, 3.05) is 6.54 Å². The fourth-order valence-corrected chi connectivity index (χ4v) is 1.87. The van der Waals surface area contributed by atoms with Gasteiger partial charge in [-0.05, 0) is 31.4 Å². The van der Waals surface area contributed by atoms with Crippen LogP contribution in [0.5, 0.6) is 0 Å². The molecule has 0 bridgehead atoms. The molecule has 0 spiro atoms. The van der Waals surface area contributed by atoms with E-state index >= 15 is 0 Å². The molecule has 0 N–H and O–H groups in total. The smallest absolute Gasteiger partial charge is 0.257 e. The van der Waals surface area contributed by atoms with Crippen LogP contribution in [0.15, 0.2) is 42.6 Å². The third-order valence-electron chi connectivity index (χ3n) is 2.74. The number of likely N-dealkylation sites (tertiary alicyclic amines) is 1. The summed E-state index contributed by atoms with van der Waals surface area (Å²) in [5, 5.41) is 0. The highest BCUT2D eigenvalue weighted by Gasteiger charge is 2.20. The number of benzene rings is 1. The quantitative estimate of drug-likeness (QED) is 0.684. The molecule has 1 aromatic rings. The van der Waals surface area contributed by atoms with Crippen molar-refractivity contribution in [2.24, 2.45) is 0 Å². The van der Waals surface area contributed by atoms with Gasteiger partial charge in [0.25, 0.3) is 5.91 Å². The third kappa shape index (κ3) is 2.09. The second-order valence-corrected chi connectivity index (χ2v) is 3.85. The van der Waals surface area contributed by atoms with Crippen LogP contribution in [0.4, 0.5) is 0 Å². The van der Waals surface area contributed by atoms with Crippen molar-refractivity contribution in [3.8, 4) is 0 Å². The highest BCUT2D eigenvalue weighted by molar-refractivity contribution is 5.95. The molecule has 0 aliphatic carbocycles. The first-order chi connectivity index (χ1) is 7.29. The molecule has 0 saturated carbocycles. The first-order valence-corrected chi connectivity index (χ1v) is 5.34. The minimum atomic E-state index is 0.0836. The molecule has 1 amide bonds. The van der Waals surface area contributed by atoms with Crippen LogP contribution in [0.2, 0.25) is 0 Å². The Balaban J connectivity index is 2.17. The van der Waals surface area contributed by atoms with Gasteiger partial charge in [0.1, 0.15) is 0 Å². The largest absolute Gasteiger partial charge is 0.313 e. The van der Waals surface area contributed by atoms with Gasteiger partial charge in [0.2, 0.25) is 0 Å². The molecule has 1 aliphatic heterocycles. The molecule has 0 unspecified atom stereocenters. The molecule has 1 saturated heterocycles. The summed E-state index contributed by atoms with van der Waals surface area (Å²) in [6, 6.07) is 9.40. The molecule has 1 aliphatic rings. The summed E-state index contributed by atoms with van der Waals surface area (Å²) in [6.07, 6.45) is 3.17. The zero-order valence-corrected chi connectivity index (χ0v) is 8.78. The lowest BCUT2D eigenvalue weighted by Crippen LogP contribution is -2.33. The zero-order chi connectivity index (χ0) is 10.7. The van der Waals surface area contributed by atoms with Crippen molar-refractivity contribution < 1.29 is 4.79 Å². The molecule has 2 rings (SSSR count). The summed E-state index contributed by atoms with van der Waals surface area (Å²) in [6.45, 7) is 4.76. The minimum Gasteiger partial charge on any atom is -0.313 e. The predicted octanol–water partition coefficient (Wildman–Crippen LogP) is 2.83. The number of nitrogens with zero attached hydrogens (tertiary/aromatic N) is 1. The molecule has 2 heteroatoms. The van der Waals surface area contributed by atoms with Crippen molar-refractivity contribution in [1.82, 2.24) is 4.90 Å². The maximum Gasteiger partial charge on any atom is 0.257 e. The number of rotatable bonds is 1. The van der Waals surface area contributed by atoms with E-state index < -0.39 is 0 Å². The van der Waals surface area contributed by atoms with Crippen LogP contribution in [0.1, 0.15) is 29.6 Å². The van der Waals surface area contributed by atoms with E-state index in [2.05, 4.69) is 6.58 Å². The highest BCUT2D eigenvalue weighted by Crippen LogP contribution is 2.20. The van der Waals surface area contributed by atoms with E-state index in [0.29, 0.717) is 0 Å². The van der Waals surface area contributed by atoms with Gasteiger partial charge in [-0.2, -0.15) is 0 Å². The normalized spacial score (nSPS) is 16.5. The van der Waals surface area contributed by atoms with Crippen molar-refractivity contribution in [2.45, 2.75) is 19.3 Å². The fourth-order valence-electron chi connectivity index (χ4n) is 1.87. The molecule has 78 valence electrons. The van der Waals surface area contributed by atoms with Crippen molar-refractivity contribution in [1.29, 1.82) is 0 Å². The van der Waals surface area contributed by atoms with Gasteiger partial charge in [0.05, 0.1) is 0 Å². The molecular weight excluding hydrogens is 186 g/mol. The number of piperidine rings is 1. The van der Waals surface area contributed by atoms with E-state index in [9.17, 15) is 4.79 Å². The van der Waals surface area contributed by atoms with Gasteiger partial charge in [-0.25, -0.2) is 0 Å². The van der Waals surface area contributed by atoms with Gasteiger partial charge in [-0.15, -0.1) is 0 Å². The Morgan fingerprint density at radius 3 is 2.60 bits per heavy atom. The molecule has 1 aromatic carbocycles. The molecule has 2 nitrogen and oxygen atoms in total. The second kappa shape index (κ2) is 4.30. The topological polar surface area (TPSA) is 20.3 Å². The van der Waals surface area contributed by atoms with Crippen LogP contribution in [0.3, 0.4) is 0 Å². The van der Waals surface area contributed by atoms with Crippen LogP contribution in [-0.2, 0) is 0 Å². The number of carbonyl (C=O) groups is 1. The Bertz CT molecular complexity index is 369. The van der Waals surface area contributed by atoms with E-state index in [1.54, 1.807) is 4.90 Å². The van der Waals surface area contributed by atoms with Gasteiger partial charge in [0, 0.05) is 17.8 Å². The van der Waals surface area contributed by atoms with Gasteiger partial charge >= 0.3 is 0 Å². The molecule has 1 fully saturated rings. The second-order valence-electron chi connectivity index (χ2n) is 3.85. The van der Waals surface area contributed by atoms with Gasteiger partial charge in [0.15, 0.2) is 0 Å². The Labute approximate surface area is 90.2 Å². The molecule has 0 aromatic heterocycles. The van der Waals surface area contributed by atoms with Crippen molar-refractivity contribution >= 4 is 5.91 Å². The SMILES string of the molecule is C=C1CCCCN1C(=O)c1ccccc1. The Hall–Kier alpha value is -1.57. The number of amides is 1. The van der Waals surface area contributed by atoms with E-state index in [0.717, 1.165) is 37.1 Å². The lowest BCUT2D eigenvalue weighted by molar-refractivity contribution is 0.0783. The van der Waals surface area contributed by atoms with E-state index in [-0.39, 0.29) is 5.91 Å². The van der Waals surface area contributed by atoms with E-state index in [1.165, 1.54) is 0 Å². The maximum absolute atomic E-state index is 12.1. The van der Waals surface area contributed by atoms with Crippen LogP contribution in [0, 0.1) is 0 Å². The zero-order valence-electron chi connectivity index (χ0n) is 8.78. The first kappa shape index (κ1) is 9.97. The Morgan fingerprint density at radius 2 is 1.93 bits per heavy atom. The number of allylic oxidation sites excluding steroid dienone is 1. The monoisotopic (exact) mass is 201 g/mol. The highest BCUT2D eigenvalue weighted by atomic mass is 16.2. The summed E-state index contributed by atoms with van der Waals surface area (Å²) in [4.78, 5) is 13.9. The summed E-state index contributed by atoms with van der Waals surface area (Å²) in [5.74, 6) is 0.0836.